The number of carbonyl (C=O) groups excluding carboxylic acids is 2. The van der Waals surface area contributed by atoms with Crippen molar-refractivity contribution in [3.05, 3.63) is 88.6 Å². The molecule has 4 rings (SSSR count). The van der Waals surface area contributed by atoms with Gasteiger partial charge in [-0.3, -0.25) is 14.5 Å². The highest BCUT2D eigenvalue weighted by Gasteiger charge is 2.48. The Balaban J connectivity index is 1.84. The van der Waals surface area contributed by atoms with Crippen molar-refractivity contribution in [3.8, 4) is 5.75 Å². The second-order valence-corrected chi connectivity index (χ2v) is 7.88. The van der Waals surface area contributed by atoms with Crippen molar-refractivity contribution in [1.82, 2.24) is 0 Å². The number of amides is 1. The number of ketones is 1. The first kappa shape index (κ1) is 21.6. The molecule has 1 atom stereocenters. The minimum absolute atomic E-state index is 0.0266. The Morgan fingerprint density at radius 2 is 1.88 bits per heavy atom. The highest BCUT2D eigenvalue weighted by atomic mass is 35.5. The zero-order valence-electron chi connectivity index (χ0n) is 17.2. The van der Waals surface area contributed by atoms with Crippen LogP contribution in [0.4, 0.5) is 10.1 Å². The van der Waals surface area contributed by atoms with Crippen LogP contribution < -0.4 is 9.64 Å². The van der Waals surface area contributed by atoms with Gasteiger partial charge in [-0.15, -0.1) is 0 Å². The number of furan rings is 1. The van der Waals surface area contributed by atoms with Crippen molar-refractivity contribution in [2.45, 2.75) is 26.0 Å². The van der Waals surface area contributed by atoms with Crippen molar-refractivity contribution in [2.24, 2.45) is 0 Å². The lowest BCUT2D eigenvalue weighted by Gasteiger charge is -2.23. The third kappa shape index (κ3) is 3.87. The molecule has 1 aromatic heterocycles. The molecule has 3 aromatic rings. The number of aliphatic hydroxyl groups is 1. The van der Waals surface area contributed by atoms with Crippen LogP contribution in [0.5, 0.6) is 5.75 Å². The van der Waals surface area contributed by atoms with Crippen molar-refractivity contribution in [2.75, 3.05) is 4.90 Å². The Morgan fingerprint density at radius 1 is 1.16 bits per heavy atom. The smallest absolute Gasteiger partial charge is 0.300 e. The SMILES string of the molecule is CC(C)Oc1ccc(/C(O)=C2/C(=O)C(=O)N(c3ccc(F)c(Cl)c3)C2c2ccco2)cc1. The molecule has 0 radical (unpaired) electrons. The van der Waals surface area contributed by atoms with Gasteiger partial charge >= 0.3 is 0 Å². The molecular weight excluding hydrogens is 437 g/mol. The number of carbonyl (C=O) groups is 2. The maximum atomic E-state index is 13.7. The number of hydrogen-bond acceptors (Lipinski definition) is 5. The second kappa shape index (κ2) is 8.51. The largest absolute Gasteiger partial charge is 0.507 e. The minimum Gasteiger partial charge on any atom is -0.507 e. The molecule has 1 amide bonds. The number of hydrogen-bond donors (Lipinski definition) is 1. The average Bonchev–Trinajstić information content (AvgIpc) is 3.37. The summed E-state index contributed by atoms with van der Waals surface area (Å²) in [6, 6.07) is 12.3. The van der Waals surface area contributed by atoms with Gasteiger partial charge in [0, 0.05) is 11.3 Å². The van der Waals surface area contributed by atoms with Gasteiger partial charge in [0.1, 0.15) is 29.1 Å². The van der Waals surface area contributed by atoms with Crippen LogP contribution in [0.3, 0.4) is 0 Å². The normalized spacial score (nSPS) is 17.9. The van der Waals surface area contributed by atoms with Crippen molar-refractivity contribution < 1.29 is 28.2 Å². The summed E-state index contributed by atoms with van der Waals surface area (Å²) in [7, 11) is 0. The second-order valence-electron chi connectivity index (χ2n) is 7.47. The van der Waals surface area contributed by atoms with Crippen LogP contribution in [0.2, 0.25) is 5.02 Å². The molecule has 6 nitrogen and oxygen atoms in total. The molecule has 0 spiro atoms. The summed E-state index contributed by atoms with van der Waals surface area (Å²) in [5.74, 6) is -1.96. The van der Waals surface area contributed by atoms with E-state index in [1.54, 1.807) is 36.4 Å². The first-order valence-electron chi connectivity index (χ1n) is 9.84. The Kier molecular flexibility index (Phi) is 5.76. The maximum Gasteiger partial charge on any atom is 0.300 e. The van der Waals surface area contributed by atoms with Crippen LogP contribution in [0, 0.1) is 5.82 Å². The predicted octanol–water partition coefficient (Wildman–Crippen LogP) is 5.49. The van der Waals surface area contributed by atoms with Gasteiger partial charge in [-0.05, 0) is 68.4 Å². The van der Waals surface area contributed by atoms with Crippen molar-refractivity contribution in [1.29, 1.82) is 0 Å². The van der Waals surface area contributed by atoms with E-state index >= 15 is 0 Å². The molecular formula is C24H19ClFNO5. The lowest BCUT2D eigenvalue weighted by molar-refractivity contribution is -0.132. The fourth-order valence-electron chi connectivity index (χ4n) is 3.57. The van der Waals surface area contributed by atoms with E-state index in [1.807, 2.05) is 13.8 Å². The van der Waals surface area contributed by atoms with Gasteiger partial charge in [0.25, 0.3) is 11.7 Å². The fraction of sp³-hybridized carbons (Fsp3) is 0.167. The van der Waals surface area contributed by atoms with Gasteiger partial charge in [0.2, 0.25) is 0 Å². The average molecular weight is 456 g/mol. The molecule has 164 valence electrons. The maximum absolute atomic E-state index is 13.7. The molecule has 1 aliphatic rings. The van der Waals surface area contributed by atoms with Gasteiger partial charge in [-0.1, -0.05) is 11.6 Å². The van der Waals surface area contributed by atoms with Crippen molar-refractivity contribution >= 4 is 34.7 Å². The van der Waals surface area contributed by atoms with E-state index < -0.39 is 23.5 Å². The third-order valence-electron chi connectivity index (χ3n) is 4.94. The molecule has 1 fully saturated rings. The standard InChI is InChI=1S/C24H19ClFNO5/c1-13(2)32-16-8-5-14(6-9-16)22(28)20-21(19-4-3-11-31-19)27(24(30)23(20)29)15-7-10-18(26)17(25)12-15/h3-13,21,28H,1-2H3/b22-20-. The molecule has 2 heterocycles. The number of ether oxygens (including phenoxy) is 1. The van der Waals surface area contributed by atoms with Gasteiger partial charge in [0.15, 0.2) is 0 Å². The van der Waals surface area contributed by atoms with Gasteiger partial charge in [-0.25, -0.2) is 4.39 Å². The van der Waals surface area contributed by atoms with E-state index in [9.17, 15) is 19.1 Å². The Bertz CT molecular complexity index is 1200. The van der Waals surface area contributed by atoms with Crippen molar-refractivity contribution in [3.63, 3.8) is 0 Å². The number of Topliss-reactive ketones (excluding diaryl/α,β-unsaturated/α-hetero) is 1. The molecule has 1 unspecified atom stereocenters. The molecule has 1 aliphatic heterocycles. The fourth-order valence-corrected chi connectivity index (χ4v) is 3.74. The van der Waals surface area contributed by atoms with E-state index in [0.29, 0.717) is 11.3 Å². The lowest BCUT2D eigenvalue weighted by Crippen LogP contribution is -2.29. The zero-order valence-corrected chi connectivity index (χ0v) is 18.0. The summed E-state index contributed by atoms with van der Waals surface area (Å²) in [5, 5.41) is 10.8. The number of halogens is 2. The van der Waals surface area contributed by atoms with E-state index in [0.717, 1.165) is 11.0 Å². The van der Waals surface area contributed by atoms with E-state index in [-0.39, 0.29) is 33.9 Å². The topological polar surface area (TPSA) is 80.0 Å². The van der Waals surface area contributed by atoms with Crippen LogP contribution in [-0.2, 0) is 9.59 Å². The molecule has 32 heavy (non-hydrogen) atoms. The highest BCUT2D eigenvalue weighted by molar-refractivity contribution is 6.51. The summed E-state index contributed by atoms with van der Waals surface area (Å²) in [5.41, 5.74) is 0.371. The monoisotopic (exact) mass is 455 g/mol. The summed E-state index contributed by atoms with van der Waals surface area (Å²) in [6.07, 6.45) is 1.37. The zero-order chi connectivity index (χ0) is 23.0. The summed E-state index contributed by atoms with van der Waals surface area (Å²) in [4.78, 5) is 27.1. The van der Waals surface area contributed by atoms with Crippen LogP contribution in [0.25, 0.3) is 5.76 Å². The molecule has 0 aliphatic carbocycles. The number of nitrogens with zero attached hydrogens (tertiary/aromatic N) is 1. The lowest BCUT2D eigenvalue weighted by atomic mass is 9.99. The summed E-state index contributed by atoms with van der Waals surface area (Å²) in [6.45, 7) is 3.78. The Labute approximate surface area is 188 Å². The van der Waals surface area contributed by atoms with Crippen LogP contribution in [-0.4, -0.2) is 22.9 Å². The molecule has 1 N–H and O–H groups in total. The number of anilines is 1. The Morgan fingerprint density at radius 3 is 2.47 bits per heavy atom. The van der Waals surface area contributed by atoms with E-state index in [4.69, 9.17) is 20.8 Å². The van der Waals surface area contributed by atoms with Gasteiger partial charge < -0.3 is 14.3 Å². The summed E-state index contributed by atoms with van der Waals surface area (Å²) < 4.78 is 24.8. The molecule has 0 bridgehead atoms. The molecule has 1 saturated heterocycles. The Hall–Kier alpha value is -3.58. The van der Waals surface area contributed by atoms with Crippen LogP contribution >= 0.6 is 11.6 Å². The van der Waals surface area contributed by atoms with E-state index in [1.165, 1.54) is 18.4 Å². The summed E-state index contributed by atoms with van der Waals surface area (Å²) >= 11 is 5.90. The minimum atomic E-state index is -1.06. The molecule has 2 aromatic carbocycles. The number of aliphatic hydroxyl groups excluding tert-OH is 1. The highest BCUT2D eigenvalue weighted by Crippen LogP contribution is 2.43. The molecule has 0 saturated carbocycles. The first-order valence-corrected chi connectivity index (χ1v) is 10.2. The van der Waals surface area contributed by atoms with Crippen LogP contribution in [0.15, 0.2) is 70.9 Å². The van der Waals surface area contributed by atoms with Gasteiger partial charge in [-0.2, -0.15) is 0 Å². The molecule has 8 heteroatoms. The number of benzene rings is 2. The third-order valence-corrected chi connectivity index (χ3v) is 5.23. The quantitative estimate of drug-likeness (QED) is 0.313. The first-order chi connectivity index (χ1) is 15.3. The van der Waals surface area contributed by atoms with Crippen LogP contribution in [0.1, 0.15) is 31.2 Å². The predicted molar refractivity (Wildman–Crippen MR) is 117 cm³/mol. The number of rotatable bonds is 5. The van der Waals surface area contributed by atoms with Gasteiger partial charge in [0.05, 0.1) is 23.0 Å². The van der Waals surface area contributed by atoms with E-state index in [2.05, 4.69) is 0 Å².